The number of hydrogen-bond acceptors (Lipinski definition) is 2. The second kappa shape index (κ2) is 8.02. The molecule has 0 unspecified atom stereocenters. The summed E-state index contributed by atoms with van der Waals surface area (Å²) in [5.74, 6) is 0.470. The summed E-state index contributed by atoms with van der Waals surface area (Å²) < 4.78 is 36.1. The van der Waals surface area contributed by atoms with Gasteiger partial charge in [-0.15, -0.1) is 0 Å². The Morgan fingerprint density at radius 3 is 2.55 bits per heavy atom. The molecule has 0 spiro atoms. The Labute approximate surface area is 178 Å². The van der Waals surface area contributed by atoms with Crippen molar-refractivity contribution in [1.29, 1.82) is 0 Å². The lowest BCUT2D eigenvalue weighted by atomic mass is 9.95. The zero-order valence-electron chi connectivity index (χ0n) is 16.9. The standard InChI is InChI=1S/C25H22F2N2O2/c26-25(27)29-22-9-5-4-8-20(22)21-11-10-18(14-23(21)29)28-13-12-19(15-24(28)30)31-16-17-6-2-1-3-7-17/h1-3,6-7,10-15,25H,4-5,8-9,16H2. The maximum atomic E-state index is 13.9. The fourth-order valence-electron chi connectivity index (χ4n) is 4.44. The summed E-state index contributed by atoms with van der Waals surface area (Å²) in [6, 6.07) is 18.2. The van der Waals surface area contributed by atoms with E-state index in [2.05, 4.69) is 0 Å². The maximum absolute atomic E-state index is 13.9. The fourth-order valence-corrected chi connectivity index (χ4v) is 4.44. The first-order valence-electron chi connectivity index (χ1n) is 10.5. The van der Waals surface area contributed by atoms with Gasteiger partial charge in [-0.05, 0) is 55.0 Å². The summed E-state index contributed by atoms with van der Waals surface area (Å²) in [5, 5.41) is 0.856. The van der Waals surface area contributed by atoms with Crippen LogP contribution in [0.3, 0.4) is 0 Å². The van der Waals surface area contributed by atoms with Crippen molar-refractivity contribution in [2.75, 3.05) is 0 Å². The third-order valence-electron chi connectivity index (χ3n) is 5.91. The molecule has 4 aromatic rings. The van der Waals surface area contributed by atoms with Gasteiger partial charge in [0.05, 0.1) is 11.2 Å². The first-order valence-corrected chi connectivity index (χ1v) is 10.5. The lowest BCUT2D eigenvalue weighted by Crippen LogP contribution is -2.16. The first kappa shape index (κ1) is 19.5. The van der Waals surface area contributed by atoms with Crippen LogP contribution in [0.2, 0.25) is 0 Å². The number of fused-ring (bicyclic) bond motifs is 3. The van der Waals surface area contributed by atoms with Gasteiger partial charge in [0, 0.05) is 23.3 Å². The van der Waals surface area contributed by atoms with Crippen LogP contribution >= 0.6 is 0 Å². The molecule has 0 bridgehead atoms. The highest BCUT2D eigenvalue weighted by Crippen LogP contribution is 2.36. The van der Waals surface area contributed by atoms with E-state index in [1.807, 2.05) is 42.5 Å². The van der Waals surface area contributed by atoms with Gasteiger partial charge >= 0.3 is 6.55 Å². The number of nitrogens with zero attached hydrogens (tertiary/aromatic N) is 2. The number of alkyl halides is 2. The van der Waals surface area contributed by atoms with Gasteiger partial charge in [0.2, 0.25) is 0 Å². The van der Waals surface area contributed by atoms with Gasteiger partial charge in [0.25, 0.3) is 5.56 Å². The van der Waals surface area contributed by atoms with E-state index in [0.717, 1.165) is 46.0 Å². The highest BCUT2D eigenvalue weighted by molar-refractivity contribution is 5.87. The molecule has 4 nitrogen and oxygen atoms in total. The molecule has 5 rings (SSSR count). The Bertz CT molecular complexity index is 1290. The van der Waals surface area contributed by atoms with E-state index in [1.54, 1.807) is 18.3 Å². The topological polar surface area (TPSA) is 36.2 Å². The van der Waals surface area contributed by atoms with Crippen LogP contribution in [0.4, 0.5) is 8.78 Å². The van der Waals surface area contributed by atoms with Crippen molar-refractivity contribution in [3.8, 4) is 11.4 Å². The third kappa shape index (κ3) is 3.63. The Kier molecular flexibility index (Phi) is 5.06. The highest BCUT2D eigenvalue weighted by atomic mass is 19.3. The molecule has 0 saturated carbocycles. The average Bonchev–Trinajstić information content (AvgIpc) is 3.12. The maximum Gasteiger partial charge on any atom is 0.319 e. The number of halogens is 2. The Morgan fingerprint density at radius 1 is 0.968 bits per heavy atom. The van der Waals surface area contributed by atoms with E-state index in [4.69, 9.17) is 4.74 Å². The van der Waals surface area contributed by atoms with Crippen LogP contribution in [0.5, 0.6) is 5.75 Å². The number of pyridine rings is 1. The number of hydrogen-bond donors (Lipinski definition) is 0. The summed E-state index contributed by atoms with van der Waals surface area (Å²) in [5.41, 5.74) is 3.52. The first-order chi connectivity index (χ1) is 15.1. The van der Waals surface area contributed by atoms with Gasteiger partial charge in [-0.3, -0.25) is 13.9 Å². The smallest absolute Gasteiger partial charge is 0.319 e. The summed E-state index contributed by atoms with van der Waals surface area (Å²) >= 11 is 0. The van der Waals surface area contributed by atoms with Crippen LogP contribution in [0.25, 0.3) is 16.6 Å². The molecule has 2 aromatic carbocycles. The Hall–Kier alpha value is -3.41. The molecule has 0 radical (unpaired) electrons. The Balaban J connectivity index is 1.49. The molecule has 2 aromatic heterocycles. The van der Waals surface area contributed by atoms with Crippen molar-refractivity contribution in [2.24, 2.45) is 0 Å². The number of benzene rings is 2. The van der Waals surface area contributed by atoms with Crippen molar-refractivity contribution in [2.45, 2.75) is 38.8 Å². The van der Waals surface area contributed by atoms with Gasteiger partial charge in [-0.2, -0.15) is 8.78 Å². The molecular weight excluding hydrogens is 398 g/mol. The summed E-state index contributed by atoms with van der Waals surface area (Å²) in [6.45, 7) is -2.24. The minimum atomic E-state index is -2.61. The summed E-state index contributed by atoms with van der Waals surface area (Å²) in [7, 11) is 0. The van der Waals surface area contributed by atoms with Crippen molar-refractivity contribution in [1.82, 2.24) is 9.13 Å². The van der Waals surface area contributed by atoms with Gasteiger partial charge in [-0.1, -0.05) is 36.4 Å². The quantitative estimate of drug-likeness (QED) is 0.419. The van der Waals surface area contributed by atoms with Crippen LogP contribution in [0, 0.1) is 0 Å². The van der Waals surface area contributed by atoms with Crippen LogP contribution in [0.15, 0.2) is 71.7 Å². The van der Waals surface area contributed by atoms with Gasteiger partial charge < -0.3 is 4.74 Å². The van der Waals surface area contributed by atoms with Crippen molar-refractivity contribution in [3.05, 3.63) is 94.0 Å². The molecule has 0 amide bonds. The Morgan fingerprint density at radius 2 is 1.77 bits per heavy atom. The molecule has 0 aliphatic heterocycles. The van der Waals surface area contributed by atoms with E-state index in [1.165, 1.54) is 10.6 Å². The van der Waals surface area contributed by atoms with E-state index in [-0.39, 0.29) is 5.56 Å². The molecule has 0 fully saturated rings. The SMILES string of the molecule is O=c1cc(OCc2ccccc2)ccn1-c1ccc2c3c(n(C(F)F)c2c1)CCCC3. The summed E-state index contributed by atoms with van der Waals surface area (Å²) in [4.78, 5) is 12.7. The number of rotatable bonds is 5. The van der Waals surface area contributed by atoms with Crippen molar-refractivity contribution < 1.29 is 13.5 Å². The number of ether oxygens (including phenoxy) is 1. The molecular formula is C25H22F2N2O2. The van der Waals surface area contributed by atoms with Gasteiger partial charge in [0.15, 0.2) is 0 Å². The molecule has 1 aliphatic carbocycles. The largest absolute Gasteiger partial charge is 0.489 e. The van der Waals surface area contributed by atoms with E-state index in [9.17, 15) is 13.6 Å². The van der Waals surface area contributed by atoms with E-state index >= 15 is 0 Å². The van der Waals surface area contributed by atoms with Crippen LogP contribution in [-0.2, 0) is 19.4 Å². The van der Waals surface area contributed by atoms with Crippen LogP contribution < -0.4 is 10.3 Å². The van der Waals surface area contributed by atoms with Crippen molar-refractivity contribution >= 4 is 10.9 Å². The average molecular weight is 420 g/mol. The number of aromatic nitrogens is 2. The molecule has 31 heavy (non-hydrogen) atoms. The highest BCUT2D eigenvalue weighted by Gasteiger charge is 2.24. The predicted octanol–water partition coefficient (Wildman–Crippen LogP) is 5.65. The van der Waals surface area contributed by atoms with E-state index in [0.29, 0.717) is 30.0 Å². The monoisotopic (exact) mass is 420 g/mol. The van der Waals surface area contributed by atoms with Gasteiger partial charge in [0.1, 0.15) is 12.4 Å². The lowest BCUT2D eigenvalue weighted by Gasteiger charge is -2.15. The lowest BCUT2D eigenvalue weighted by molar-refractivity contribution is 0.0718. The van der Waals surface area contributed by atoms with Gasteiger partial charge in [-0.25, -0.2) is 0 Å². The zero-order chi connectivity index (χ0) is 21.4. The second-order valence-corrected chi connectivity index (χ2v) is 7.83. The van der Waals surface area contributed by atoms with E-state index < -0.39 is 6.55 Å². The second-order valence-electron chi connectivity index (χ2n) is 7.83. The minimum absolute atomic E-state index is 0.273. The van der Waals surface area contributed by atoms with Crippen molar-refractivity contribution in [3.63, 3.8) is 0 Å². The number of aryl methyl sites for hydroxylation is 1. The predicted molar refractivity (Wildman–Crippen MR) is 116 cm³/mol. The molecule has 1 aliphatic rings. The normalized spacial score (nSPS) is 13.5. The zero-order valence-corrected chi connectivity index (χ0v) is 16.9. The molecule has 0 saturated heterocycles. The molecule has 0 N–H and O–H groups in total. The minimum Gasteiger partial charge on any atom is -0.489 e. The van der Waals surface area contributed by atoms with Crippen LogP contribution in [0.1, 0.15) is 36.2 Å². The van der Waals surface area contributed by atoms with Crippen LogP contribution in [-0.4, -0.2) is 9.13 Å². The fraction of sp³-hybridized carbons (Fsp3) is 0.240. The molecule has 0 atom stereocenters. The molecule has 6 heteroatoms. The molecule has 2 heterocycles. The third-order valence-corrected chi connectivity index (χ3v) is 5.91. The summed E-state index contributed by atoms with van der Waals surface area (Å²) in [6.07, 6.45) is 5.04. The molecule has 158 valence electrons.